The zero-order valence-corrected chi connectivity index (χ0v) is 8.56. The highest BCUT2D eigenvalue weighted by molar-refractivity contribution is 5.77. The first-order valence-electron chi connectivity index (χ1n) is 4.86. The lowest BCUT2D eigenvalue weighted by molar-refractivity contribution is -0.125. The minimum atomic E-state index is -0.0435. The molecule has 2 N–H and O–H groups in total. The van der Waals surface area contributed by atoms with Crippen molar-refractivity contribution in [3.63, 3.8) is 0 Å². The summed E-state index contributed by atoms with van der Waals surface area (Å²) in [5.41, 5.74) is 0. The Hall–Kier alpha value is -0.610. The molecule has 0 rings (SSSR count). The molecule has 13 heavy (non-hydrogen) atoms. The van der Waals surface area contributed by atoms with Gasteiger partial charge >= 0.3 is 0 Å². The molecule has 0 aliphatic heterocycles. The van der Waals surface area contributed by atoms with Crippen molar-refractivity contribution in [2.75, 3.05) is 32.8 Å². The lowest BCUT2D eigenvalue weighted by Crippen LogP contribution is -2.29. The van der Waals surface area contributed by atoms with Gasteiger partial charge in [-0.25, -0.2) is 0 Å². The highest BCUT2D eigenvalue weighted by Crippen LogP contribution is 1.75. The van der Waals surface area contributed by atoms with Crippen LogP contribution in [0, 0.1) is 0 Å². The van der Waals surface area contributed by atoms with Crippen molar-refractivity contribution in [2.24, 2.45) is 0 Å². The van der Waals surface area contributed by atoms with Crippen LogP contribution in [0.1, 0.15) is 20.3 Å². The van der Waals surface area contributed by atoms with E-state index < -0.39 is 0 Å². The molecule has 0 aliphatic carbocycles. The van der Waals surface area contributed by atoms with Crippen molar-refractivity contribution in [3.05, 3.63) is 0 Å². The summed E-state index contributed by atoms with van der Waals surface area (Å²) in [7, 11) is 0. The molecular weight excluding hydrogens is 168 g/mol. The third-order valence-corrected chi connectivity index (χ3v) is 1.46. The first-order valence-corrected chi connectivity index (χ1v) is 4.86. The second-order valence-corrected chi connectivity index (χ2v) is 2.76. The van der Waals surface area contributed by atoms with E-state index in [1.165, 1.54) is 0 Å². The van der Waals surface area contributed by atoms with Crippen LogP contribution in [0.3, 0.4) is 0 Å². The van der Waals surface area contributed by atoms with E-state index in [1.807, 2.05) is 6.92 Å². The zero-order chi connectivity index (χ0) is 9.94. The van der Waals surface area contributed by atoms with Crippen LogP contribution in [-0.2, 0) is 9.53 Å². The van der Waals surface area contributed by atoms with Gasteiger partial charge in [0.2, 0.25) is 5.91 Å². The lowest BCUT2D eigenvalue weighted by atomic mass is 10.5. The number of ether oxygens (including phenoxy) is 1. The zero-order valence-electron chi connectivity index (χ0n) is 8.56. The number of likely N-dealkylation sites (N-methyl/N-ethyl adjacent to an activating group) is 1. The van der Waals surface area contributed by atoms with Crippen LogP contribution >= 0.6 is 0 Å². The molecule has 0 aromatic rings. The molecule has 0 spiro atoms. The lowest BCUT2D eigenvalue weighted by Gasteiger charge is -2.04. The Morgan fingerprint density at radius 2 is 2.08 bits per heavy atom. The van der Waals surface area contributed by atoms with Crippen molar-refractivity contribution < 1.29 is 9.53 Å². The summed E-state index contributed by atoms with van der Waals surface area (Å²) < 4.78 is 5.12. The molecule has 0 saturated heterocycles. The SMILES string of the molecule is CCCNCCOCC(=O)NCC. The minimum Gasteiger partial charge on any atom is -0.370 e. The highest BCUT2D eigenvalue weighted by atomic mass is 16.5. The van der Waals surface area contributed by atoms with Gasteiger partial charge in [-0.05, 0) is 19.9 Å². The number of rotatable bonds is 8. The molecule has 0 saturated carbocycles. The first-order chi connectivity index (χ1) is 6.31. The quantitative estimate of drug-likeness (QED) is 0.533. The van der Waals surface area contributed by atoms with Crippen LogP contribution in [0.4, 0.5) is 0 Å². The average molecular weight is 188 g/mol. The highest BCUT2D eigenvalue weighted by Gasteiger charge is 1.97. The van der Waals surface area contributed by atoms with E-state index in [2.05, 4.69) is 17.6 Å². The van der Waals surface area contributed by atoms with Gasteiger partial charge in [0.15, 0.2) is 0 Å². The molecule has 0 aromatic heterocycles. The fourth-order valence-corrected chi connectivity index (χ4v) is 0.859. The monoisotopic (exact) mass is 188 g/mol. The predicted molar refractivity (Wildman–Crippen MR) is 52.7 cm³/mol. The van der Waals surface area contributed by atoms with Gasteiger partial charge in [0.05, 0.1) is 6.61 Å². The Balaban J connectivity index is 3.02. The molecule has 0 fully saturated rings. The van der Waals surface area contributed by atoms with Crippen molar-refractivity contribution in [3.8, 4) is 0 Å². The Labute approximate surface area is 80.0 Å². The van der Waals surface area contributed by atoms with E-state index in [9.17, 15) is 4.79 Å². The van der Waals surface area contributed by atoms with Crippen molar-refractivity contribution in [1.29, 1.82) is 0 Å². The summed E-state index contributed by atoms with van der Waals surface area (Å²) in [6.45, 7) is 7.25. The van der Waals surface area contributed by atoms with Gasteiger partial charge in [-0.2, -0.15) is 0 Å². The average Bonchev–Trinajstić information content (AvgIpc) is 2.11. The van der Waals surface area contributed by atoms with Crippen LogP contribution in [0.15, 0.2) is 0 Å². The van der Waals surface area contributed by atoms with Crippen LogP contribution in [0.2, 0.25) is 0 Å². The molecule has 0 aliphatic rings. The molecule has 4 heteroatoms. The molecule has 0 aromatic carbocycles. The number of nitrogens with one attached hydrogen (secondary N) is 2. The largest absolute Gasteiger partial charge is 0.370 e. The number of amides is 1. The molecule has 78 valence electrons. The Bertz CT molecular complexity index is 129. The van der Waals surface area contributed by atoms with Crippen LogP contribution < -0.4 is 10.6 Å². The first kappa shape index (κ1) is 12.4. The maximum atomic E-state index is 10.9. The van der Waals surface area contributed by atoms with Crippen LogP contribution in [0.25, 0.3) is 0 Å². The molecule has 1 amide bonds. The predicted octanol–water partition coefficient (Wildman–Crippen LogP) is 0.139. The van der Waals surface area contributed by atoms with Gasteiger partial charge in [-0.15, -0.1) is 0 Å². The molecule has 0 unspecified atom stereocenters. The Morgan fingerprint density at radius 1 is 1.31 bits per heavy atom. The Morgan fingerprint density at radius 3 is 2.69 bits per heavy atom. The van der Waals surface area contributed by atoms with Gasteiger partial charge in [-0.1, -0.05) is 6.92 Å². The second-order valence-electron chi connectivity index (χ2n) is 2.76. The van der Waals surface area contributed by atoms with E-state index in [0.717, 1.165) is 19.5 Å². The van der Waals surface area contributed by atoms with E-state index in [1.54, 1.807) is 0 Å². The molecule has 4 nitrogen and oxygen atoms in total. The number of carbonyl (C=O) groups is 1. The van der Waals surface area contributed by atoms with E-state index in [4.69, 9.17) is 4.74 Å². The number of carbonyl (C=O) groups excluding carboxylic acids is 1. The van der Waals surface area contributed by atoms with Crippen molar-refractivity contribution in [2.45, 2.75) is 20.3 Å². The summed E-state index contributed by atoms with van der Waals surface area (Å²) in [5.74, 6) is -0.0435. The summed E-state index contributed by atoms with van der Waals surface area (Å²) in [5, 5.41) is 5.85. The summed E-state index contributed by atoms with van der Waals surface area (Å²) in [4.78, 5) is 10.9. The minimum absolute atomic E-state index is 0.0435. The standard InChI is InChI=1S/C9H20N2O2/c1-3-5-10-6-7-13-8-9(12)11-4-2/h10H,3-8H2,1-2H3,(H,11,12). The summed E-state index contributed by atoms with van der Waals surface area (Å²) >= 11 is 0. The topological polar surface area (TPSA) is 50.4 Å². The van der Waals surface area contributed by atoms with Crippen molar-refractivity contribution in [1.82, 2.24) is 10.6 Å². The van der Waals surface area contributed by atoms with Crippen molar-refractivity contribution >= 4 is 5.91 Å². The van der Waals surface area contributed by atoms with Gasteiger partial charge in [0, 0.05) is 13.1 Å². The van der Waals surface area contributed by atoms with E-state index in [-0.39, 0.29) is 12.5 Å². The van der Waals surface area contributed by atoms with Gasteiger partial charge in [0.1, 0.15) is 6.61 Å². The number of hydrogen-bond acceptors (Lipinski definition) is 3. The smallest absolute Gasteiger partial charge is 0.245 e. The maximum absolute atomic E-state index is 10.9. The van der Waals surface area contributed by atoms with Gasteiger partial charge in [0.25, 0.3) is 0 Å². The number of hydrogen-bond donors (Lipinski definition) is 2. The third-order valence-electron chi connectivity index (χ3n) is 1.46. The normalized spacial score (nSPS) is 10.0. The molecule has 0 atom stereocenters. The second kappa shape index (κ2) is 9.48. The summed E-state index contributed by atoms with van der Waals surface area (Å²) in [6, 6.07) is 0. The van der Waals surface area contributed by atoms with E-state index in [0.29, 0.717) is 13.2 Å². The molecular formula is C9H20N2O2. The van der Waals surface area contributed by atoms with E-state index >= 15 is 0 Å². The third kappa shape index (κ3) is 9.30. The van der Waals surface area contributed by atoms with Crippen LogP contribution in [-0.4, -0.2) is 38.8 Å². The maximum Gasteiger partial charge on any atom is 0.245 e. The molecule has 0 heterocycles. The summed E-state index contributed by atoms with van der Waals surface area (Å²) in [6.07, 6.45) is 1.12. The van der Waals surface area contributed by atoms with Crippen LogP contribution in [0.5, 0.6) is 0 Å². The van der Waals surface area contributed by atoms with Gasteiger partial charge < -0.3 is 15.4 Å². The Kier molecular flexibility index (Phi) is 9.03. The fourth-order valence-electron chi connectivity index (χ4n) is 0.859. The van der Waals surface area contributed by atoms with Gasteiger partial charge in [-0.3, -0.25) is 4.79 Å². The molecule has 0 radical (unpaired) electrons. The fraction of sp³-hybridized carbons (Fsp3) is 0.889. The molecule has 0 bridgehead atoms.